The van der Waals surface area contributed by atoms with Crippen molar-refractivity contribution < 1.29 is 9.59 Å². The van der Waals surface area contributed by atoms with E-state index < -0.39 is 0 Å². The van der Waals surface area contributed by atoms with E-state index in [1.807, 2.05) is 4.90 Å². The molecule has 0 N–H and O–H groups in total. The number of hydrogen-bond acceptors (Lipinski definition) is 4. The fraction of sp³-hybridized carbons (Fsp3) is 0.600. The number of carbonyl (C=O) groups is 2. The first-order valence-electron chi connectivity index (χ1n) is 10.2. The summed E-state index contributed by atoms with van der Waals surface area (Å²) >= 11 is 0. The van der Waals surface area contributed by atoms with Gasteiger partial charge in [-0.25, -0.2) is 9.48 Å². The lowest BCUT2D eigenvalue weighted by atomic mass is 10.0. The first kappa shape index (κ1) is 18.7. The molecule has 0 bridgehead atoms. The maximum Gasteiger partial charge on any atom is 0.350 e. The molecule has 2 fully saturated rings. The van der Waals surface area contributed by atoms with Gasteiger partial charge in [0.1, 0.15) is 6.54 Å². The molecule has 0 aromatic carbocycles. The van der Waals surface area contributed by atoms with E-state index in [1.165, 1.54) is 34.8 Å². The van der Waals surface area contributed by atoms with Crippen LogP contribution in [-0.2, 0) is 16.1 Å². The van der Waals surface area contributed by atoms with Crippen molar-refractivity contribution in [3.05, 3.63) is 34.9 Å². The molecule has 8 heteroatoms. The molecule has 0 spiro atoms. The van der Waals surface area contributed by atoms with Gasteiger partial charge in [0.25, 0.3) is 0 Å². The fourth-order valence-electron chi connectivity index (χ4n) is 4.29. The SMILES string of the molecule is O=C(CCC1CCCC1)N1CCN(C(=O)Cn2nc3ccccn3c2=O)CC1. The second-order valence-electron chi connectivity index (χ2n) is 7.82. The summed E-state index contributed by atoms with van der Waals surface area (Å²) in [5.41, 5.74) is 0.211. The van der Waals surface area contributed by atoms with Crippen LogP contribution in [0.15, 0.2) is 29.2 Å². The first-order valence-corrected chi connectivity index (χ1v) is 10.2. The van der Waals surface area contributed by atoms with Crippen molar-refractivity contribution in [1.29, 1.82) is 0 Å². The predicted octanol–water partition coefficient (Wildman–Crippen LogP) is 1.14. The molecule has 8 nitrogen and oxygen atoms in total. The van der Waals surface area contributed by atoms with Crippen LogP contribution in [0.1, 0.15) is 38.5 Å². The minimum atomic E-state index is -0.315. The number of hydrogen-bond donors (Lipinski definition) is 0. The Balaban J connectivity index is 1.28. The van der Waals surface area contributed by atoms with Crippen molar-refractivity contribution in [3.63, 3.8) is 0 Å². The average Bonchev–Trinajstić information content (AvgIpc) is 3.35. The summed E-state index contributed by atoms with van der Waals surface area (Å²) in [4.78, 5) is 40.9. The average molecular weight is 385 g/mol. The molecular weight excluding hydrogens is 358 g/mol. The lowest BCUT2D eigenvalue weighted by Crippen LogP contribution is -2.51. The summed E-state index contributed by atoms with van der Waals surface area (Å²) < 4.78 is 2.63. The Kier molecular flexibility index (Phi) is 5.45. The number of piperazine rings is 1. The summed E-state index contributed by atoms with van der Waals surface area (Å²) in [5, 5.41) is 4.21. The second kappa shape index (κ2) is 8.16. The van der Waals surface area contributed by atoms with Crippen LogP contribution >= 0.6 is 0 Å². The first-order chi connectivity index (χ1) is 13.6. The van der Waals surface area contributed by atoms with Gasteiger partial charge in [-0.3, -0.25) is 14.0 Å². The molecule has 3 heterocycles. The third-order valence-electron chi connectivity index (χ3n) is 6.00. The summed E-state index contributed by atoms with van der Waals surface area (Å²) in [6, 6.07) is 5.29. The molecule has 4 rings (SSSR count). The number of pyridine rings is 1. The smallest absolute Gasteiger partial charge is 0.339 e. The highest BCUT2D eigenvalue weighted by atomic mass is 16.2. The van der Waals surface area contributed by atoms with Gasteiger partial charge in [-0.2, -0.15) is 0 Å². The molecular formula is C20H27N5O3. The van der Waals surface area contributed by atoms with Crippen molar-refractivity contribution in [2.24, 2.45) is 5.92 Å². The van der Waals surface area contributed by atoms with E-state index >= 15 is 0 Å². The molecule has 1 aliphatic carbocycles. The lowest BCUT2D eigenvalue weighted by molar-refractivity contribution is -0.140. The van der Waals surface area contributed by atoms with Gasteiger partial charge in [0.15, 0.2) is 5.65 Å². The second-order valence-corrected chi connectivity index (χ2v) is 7.82. The van der Waals surface area contributed by atoms with Crippen LogP contribution in [0.2, 0.25) is 0 Å². The Labute approximate surface area is 163 Å². The standard InChI is InChI=1S/C20H27N5O3/c26-18(9-8-16-5-1-2-6-16)22-11-13-23(14-12-22)19(27)15-25-20(28)24-10-4-3-7-17(24)21-25/h3-4,7,10,16H,1-2,5-6,8-9,11-15H2. The van der Waals surface area contributed by atoms with Crippen LogP contribution in [0.5, 0.6) is 0 Å². The number of amides is 2. The molecule has 150 valence electrons. The van der Waals surface area contributed by atoms with Crippen molar-refractivity contribution in [2.75, 3.05) is 26.2 Å². The molecule has 0 unspecified atom stereocenters. The van der Waals surface area contributed by atoms with E-state index in [0.717, 1.165) is 12.3 Å². The van der Waals surface area contributed by atoms with E-state index in [2.05, 4.69) is 5.10 Å². The van der Waals surface area contributed by atoms with Crippen LogP contribution in [0.4, 0.5) is 0 Å². The van der Waals surface area contributed by atoms with Crippen LogP contribution in [0.25, 0.3) is 5.65 Å². The molecule has 1 aliphatic heterocycles. The van der Waals surface area contributed by atoms with Crippen molar-refractivity contribution in [2.45, 2.75) is 45.1 Å². The van der Waals surface area contributed by atoms with Gasteiger partial charge in [0.05, 0.1) is 0 Å². The highest BCUT2D eigenvalue weighted by Gasteiger charge is 2.25. The zero-order valence-corrected chi connectivity index (χ0v) is 16.1. The highest BCUT2D eigenvalue weighted by Crippen LogP contribution is 2.28. The number of nitrogens with zero attached hydrogens (tertiary/aromatic N) is 5. The van der Waals surface area contributed by atoms with Gasteiger partial charge >= 0.3 is 5.69 Å². The number of aromatic nitrogens is 3. The van der Waals surface area contributed by atoms with Gasteiger partial charge in [-0.15, -0.1) is 5.10 Å². The maximum absolute atomic E-state index is 12.6. The maximum atomic E-state index is 12.6. The third-order valence-corrected chi connectivity index (χ3v) is 6.00. The monoisotopic (exact) mass is 385 g/mol. The van der Waals surface area contributed by atoms with E-state index in [0.29, 0.717) is 38.2 Å². The normalized spacial score (nSPS) is 18.1. The van der Waals surface area contributed by atoms with Gasteiger partial charge in [0.2, 0.25) is 11.8 Å². The summed E-state index contributed by atoms with van der Waals surface area (Å²) in [7, 11) is 0. The molecule has 2 aromatic heterocycles. The molecule has 1 saturated carbocycles. The summed E-state index contributed by atoms with van der Waals surface area (Å²) in [5.74, 6) is 0.787. The van der Waals surface area contributed by atoms with Crippen molar-refractivity contribution in [3.8, 4) is 0 Å². The topological polar surface area (TPSA) is 79.9 Å². The van der Waals surface area contributed by atoms with Gasteiger partial charge in [-0.05, 0) is 24.5 Å². The predicted molar refractivity (Wildman–Crippen MR) is 104 cm³/mol. The Bertz CT molecular complexity index is 904. The number of rotatable bonds is 5. The third kappa shape index (κ3) is 3.95. The fourth-order valence-corrected chi connectivity index (χ4v) is 4.29. The minimum Gasteiger partial charge on any atom is -0.339 e. The molecule has 0 atom stereocenters. The molecule has 2 aromatic rings. The molecule has 28 heavy (non-hydrogen) atoms. The quantitative estimate of drug-likeness (QED) is 0.773. The van der Waals surface area contributed by atoms with Gasteiger partial charge < -0.3 is 9.80 Å². The van der Waals surface area contributed by atoms with Crippen LogP contribution in [0.3, 0.4) is 0 Å². The van der Waals surface area contributed by atoms with E-state index in [9.17, 15) is 14.4 Å². The van der Waals surface area contributed by atoms with Crippen molar-refractivity contribution in [1.82, 2.24) is 24.0 Å². The Hall–Kier alpha value is -2.64. The van der Waals surface area contributed by atoms with Gasteiger partial charge in [0, 0.05) is 38.8 Å². The lowest BCUT2D eigenvalue weighted by Gasteiger charge is -2.35. The van der Waals surface area contributed by atoms with E-state index in [1.54, 1.807) is 29.3 Å². The molecule has 2 aliphatic rings. The zero-order chi connectivity index (χ0) is 19.5. The molecule has 1 saturated heterocycles. The van der Waals surface area contributed by atoms with Crippen LogP contribution < -0.4 is 5.69 Å². The molecule has 2 amide bonds. The Morgan fingerprint density at radius 1 is 1.00 bits per heavy atom. The number of carbonyl (C=O) groups excluding carboxylic acids is 2. The minimum absolute atomic E-state index is 0.0733. The largest absolute Gasteiger partial charge is 0.350 e. The van der Waals surface area contributed by atoms with E-state index in [-0.39, 0.29) is 24.0 Å². The van der Waals surface area contributed by atoms with Gasteiger partial charge in [-0.1, -0.05) is 31.7 Å². The highest BCUT2D eigenvalue weighted by molar-refractivity contribution is 5.78. The van der Waals surface area contributed by atoms with E-state index in [4.69, 9.17) is 0 Å². The Morgan fingerprint density at radius 3 is 2.36 bits per heavy atom. The molecule has 0 radical (unpaired) electrons. The number of fused-ring (bicyclic) bond motifs is 1. The summed E-state index contributed by atoms with van der Waals surface area (Å²) in [6.45, 7) is 2.08. The summed E-state index contributed by atoms with van der Waals surface area (Å²) in [6.07, 6.45) is 8.38. The van der Waals surface area contributed by atoms with Crippen molar-refractivity contribution >= 4 is 17.5 Å². The zero-order valence-electron chi connectivity index (χ0n) is 16.1. The van der Waals surface area contributed by atoms with Crippen LogP contribution in [0, 0.1) is 5.92 Å². The van der Waals surface area contributed by atoms with Crippen LogP contribution in [-0.4, -0.2) is 62.0 Å². The Morgan fingerprint density at radius 2 is 1.68 bits per heavy atom.